The van der Waals surface area contributed by atoms with Gasteiger partial charge in [0.2, 0.25) is 17.7 Å². The Balaban J connectivity index is 1.36. The van der Waals surface area contributed by atoms with Gasteiger partial charge in [-0.3, -0.25) is 34.9 Å². The Hall–Kier alpha value is -2.90. The average Bonchev–Trinajstić information content (AvgIpc) is 2.99. The van der Waals surface area contributed by atoms with E-state index in [2.05, 4.69) is 17.8 Å². The molecule has 1 aromatic rings. The van der Waals surface area contributed by atoms with Crippen molar-refractivity contribution in [2.45, 2.75) is 45.4 Å². The van der Waals surface area contributed by atoms with E-state index in [0.29, 0.717) is 5.75 Å². The maximum Gasteiger partial charge on any atom is 0.276 e. The molecule has 29 heavy (non-hydrogen) atoms. The summed E-state index contributed by atoms with van der Waals surface area (Å²) in [5, 5.41) is 0. The van der Waals surface area contributed by atoms with E-state index in [1.165, 1.54) is 10.5 Å². The number of ether oxygens (including phenoxy) is 1. The number of rotatable bonds is 7. The SMILES string of the molecule is CCc1ccc(OCC(=O)NNC(=O)CCN2C(=O)[C@H]3CCCC[C@H]3C2=O)cc1. The lowest BCUT2D eigenvalue weighted by atomic mass is 9.81. The Labute approximate surface area is 169 Å². The van der Waals surface area contributed by atoms with Crippen molar-refractivity contribution in [2.24, 2.45) is 11.8 Å². The number of hydrogen-bond acceptors (Lipinski definition) is 5. The lowest BCUT2D eigenvalue weighted by molar-refractivity contribution is -0.140. The van der Waals surface area contributed by atoms with Crippen molar-refractivity contribution < 1.29 is 23.9 Å². The van der Waals surface area contributed by atoms with E-state index in [4.69, 9.17) is 4.74 Å². The number of imide groups is 1. The molecular formula is C21H27N3O5. The molecule has 1 saturated carbocycles. The number of carbonyl (C=O) groups is 4. The van der Waals surface area contributed by atoms with Crippen molar-refractivity contribution in [3.05, 3.63) is 29.8 Å². The van der Waals surface area contributed by atoms with Gasteiger partial charge in [0.1, 0.15) is 5.75 Å². The Morgan fingerprint density at radius 2 is 1.59 bits per heavy atom. The standard InChI is InChI=1S/C21H27N3O5/c1-2-14-7-9-15(10-8-14)29-13-19(26)23-22-18(25)11-12-24-20(27)16-5-3-4-6-17(16)21(24)28/h7-10,16-17H,2-6,11-13H2,1H3,(H,22,25)(H,23,26)/t16-,17+. The first kappa shape index (κ1) is 20.8. The molecule has 2 atom stereocenters. The normalized spacial score (nSPS) is 20.9. The summed E-state index contributed by atoms with van der Waals surface area (Å²) in [7, 11) is 0. The summed E-state index contributed by atoms with van der Waals surface area (Å²) < 4.78 is 5.36. The fraction of sp³-hybridized carbons (Fsp3) is 0.524. The summed E-state index contributed by atoms with van der Waals surface area (Å²) in [5.74, 6) is -1.18. The highest BCUT2D eigenvalue weighted by molar-refractivity contribution is 6.05. The van der Waals surface area contributed by atoms with Crippen molar-refractivity contribution in [3.63, 3.8) is 0 Å². The average molecular weight is 401 g/mol. The molecule has 2 fully saturated rings. The molecule has 0 bridgehead atoms. The van der Waals surface area contributed by atoms with Crippen LogP contribution in [0.3, 0.4) is 0 Å². The van der Waals surface area contributed by atoms with Gasteiger partial charge in [0, 0.05) is 13.0 Å². The number of aryl methyl sites for hydroxylation is 1. The zero-order valence-electron chi connectivity index (χ0n) is 16.6. The van der Waals surface area contributed by atoms with Crippen LogP contribution in [-0.4, -0.2) is 41.7 Å². The fourth-order valence-electron chi connectivity index (χ4n) is 3.87. The van der Waals surface area contributed by atoms with Gasteiger partial charge in [0.15, 0.2) is 6.61 Å². The number of carbonyl (C=O) groups excluding carboxylic acids is 4. The van der Waals surface area contributed by atoms with Gasteiger partial charge in [-0.2, -0.15) is 0 Å². The van der Waals surface area contributed by atoms with Crippen molar-refractivity contribution in [1.29, 1.82) is 0 Å². The van der Waals surface area contributed by atoms with Crippen LogP contribution in [0.15, 0.2) is 24.3 Å². The summed E-state index contributed by atoms with van der Waals surface area (Å²) in [5.41, 5.74) is 5.73. The molecule has 0 spiro atoms. The molecule has 2 N–H and O–H groups in total. The second kappa shape index (κ2) is 9.54. The highest BCUT2D eigenvalue weighted by Gasteiger charge is 2.47. The number of hydrazine groups is 1. The van der Waals surface area contributed by atoms with E-state index < -0.39 is 11.8 Å². The van der Waals surface area contributed by atoms with Crippen LogP contribution in [0.2, 0.25) is 0 Å². The molecule has 8 heteroatoms. The number of amides is 4. The van der Waals surface area contributed by atoms with Crippen LogP contribution in [0.4, 0.5) is 0 Å². The summed E-state index contributed by atoms with van der Waals surface area (Å²) in [6.07, 6.45) is 4.28. The lowest BCUT2D eigenvalue weighted by Crippen LogP contribution is -2.45. The lowest BCUT2D eigenvalue weighted by Gasteiger charge is -2.19. The second-order valence-corrected chi connectivity index (χ2v) is 7.46. The largest absolute Gasteiger partial charge is 0.484 e. The molecule has 2 aliphatic rings. The maximum atomic E-state index is 12.4. The van der Waals surface area contributed by atoms with Crippen LogP contribution < -0.4 is 15.6 Å². The van der Waals surface area contributed by atoms with E-state index in [1.807, 2.05) is 12.1 Å². The molecule has 1 aliphatic carbocycles. The number of fused-ring (bicyclic) bond motifs is 1. The Morgan fingerprint density at radius 3 is 2.17 bits per heavy atom. The molecule has 1 aromatic carbocycles. The first-order chi connectivity index (χ1) is 14.0. The number of nitrogens with zero attached hydrogens (tertiary/aromatic N) is 1. The highest BCUT2D eigenvalue weighted by Crippen LogP contribution is 2.37. The van der Waals surface area contributed by atoms with Crippen molar-refractivity contribution in [1.82, 2.24) is 15.8 Å². The third-order valence-corrected chi connectivity index (χ3v) is 5.54. The molecule has 1 aliphatic heterocycles. The van der Waals surface area contributed by atoms with Gasteiger partial charge in [-0.1, -0.05) is 31.9 Å². The van der Waals surface area contributed by atoms with Gasteiger partial charge in [-0.05, 0) is 37.0 Å². The molecule has 3 rings (SSSR count). The zero-order valence-corrected chi connectivity index (χ0v) is 16.6. The minimum Gasteiger partial charge on any atom is -0.484 e. The maximum absolute atomic E-state index is 12.4. The summed E-state index contributed by atoms with van der Waals surface area (Å²) in [6, 6.07) is 7.41. The second-order valence-electron chi connectivity index (χ2n) is 7.46. The van der Waals surface area contributed by atoms with Crippen molar-refractivity contribution in [3.8, 4) is 5.75 Å². The topological polar surface area (TPSA) is 105 Å². The van der Waals surface area contributed by atoms with Gasteiger partial charge < -0.3 is 4.74 Å². The van der Waals surface area contributed by atoms with E-state index in [1.54, 1.807) is 12.1 Å². The van der Waals surface area contributed by atoms with Crippen LogP contribution in [0.25, 0.3) is 0 Å². The number of hydrogen-bond donors (Lipinski definition) is 2. The highest BCUT2D eigenvalue weighted by atomic mass is 16.5. The molecule has 8 nitrogen and oxygen atoms in total. The van der Waals surface area contributed by atoms with E-state index >= 15 is 0 Å². The minimum absolute atomic E-state index is 0.0344. The molecule has 1 heterocycles. The Bertz CT molecular complexity index is 753. The smallest absolute Gasteiger partial charge is 0.276 e. The monoisotopic (exact) mass is 401 g/mol. The minimum atomic E-state index is -0.503. The molecule has 0 unspecified atom stereocenters. The van der Waals surface area contributed by atoms with Crippen LogP contribution in [0.5, 0.6) is 5.75 Å². The van der Waals surface area contributed by atoms with Gasteiger partial charge in [-0.15, -0.1) is 0 Å². The van der Waals surface area contributed by atoms with E-state index in [0.717, 1.165) is 32.1 Å². The van der Waals surface area contributed by atoms with Crippen molar-refractivity contribution >= 4 is 23.6 Å². The van der Waals surface area contributed by atoms with Crippen molar-refractivity contribution in [2.75, 3.05) is 13.2 Å². The Morgan fingerprint density at radius 1 is 1.00 bits per heavy atom. The first-order valence-electron chi connectivity index (χ1n) is 10.1. The summed E-state index contributed by atoms with van der Waals surface area (Å²) in [4.78, 5) is 49.7. The number of benzene rings is 1. The van der Waals surface area contributed by atoms with E-state index in [9.17, 15) is 19.2 Å². The van der Waals surface area contributed by atoms with E-state index in [-0.39, 0.29) is 43.2 Å². The van der Waals surface area contributed by atoms with Crippen LogP contribution in [0, 0.1) is 11.8 Å². The predicted molar refractivity (Wildman–Crippen MR) is 104 cm³/mol. The molecule has 156 valence electrons. The fourth-order valence-corrected chi connectivity index (χ4v) is 3.87. The molecular weight excluding hydrogens is 374 g/mol. The third-order valence-electron chi connectivity index (χ3n) is 5.54. The van der Waals surface area contributed by atoms with Gasteiger partial charge in [0.25, 0.3) is 5.91 Å². The number of likely N-dealkylation sites (tertiary alicyclic amines) is 1. The van der Waals surface area contributed by atoms with Crippen LogP contribution >= 0.6 is 0 Å². The molecule has 0 radical (unpaired) electrons. The molecule has 0 aromatic heterocycles. The summed E-state index contributed by atoms with van der Waals surface area (Å²) >= 11 is 0. The molecule has 1 saturated heterocycles. The third kappa shape index (κ3) is 5.13. The molecule has 4 amide bonds. The van der Waals surface area contributed by atoms with Crippen LogP contribution in [-0.2, 0) is 25.6 Å². The predicted octanol–water partition coefficient (Wildman–Crippen LogP) is 1.34. The number of nitrogens with one attached hydrogen (secondary N) is 2. The first-order valence-corrected chi connectivity index (χ1v) is 10.1. The summed E-state index contributed by atoms with van der Waals surface area (Å²) in [6.45, 7) is 1.85. The van der Waals surface area contributed by atoms with Gasteiger partial charge >= 0.3 is 0 Å². The Kier molecular flexibility index (Phi) is 6.85. The zero-order chi connectivity index (χ0) is 20.8. The van der Waals surface area contributed by atoms with Gasteiger partial charge in [-0.25, -0.2) is 0 Å². The van der Waals surface area contributed by atoms with Gasteiger partial charge in [0.05, 0.1) is 11.8 Å². The quantitative estimate of drug-likeness (QED) is 0.530. The van der Waals surface area contributed by atoms with Crippen LogP contribution in [0.1, 0.15) is 44.6 Å².